The number of nitrogens with two attached hydrogens (primary N) is 1. The Morgan fingerprint density at radius 3 is 2.62 bits per heavy atom. The summed E-state index contributed by atoms with van der Waals surface area (Å²) in [4.78, 5) is 8.78. The summed E-state index contributed by atoms with van der Waals surface area (Å²) in [6, 6.07) is 12.1. The second-order valence-corrected chi connectivity index (χ2v) is 6.23. The van der Waals surface area contributed by atoms with Gasteiger partial charge >= 0.3 is 0 Å². The monoisotopic (exact) mass is 298 g/mol. The minimum atomic E-state index is 0.268. The third kappa shape index (κ3) is 3.96. The highest BCUT2D eigenvalue weighted by Gasteiger charge is 2.14. The summed E-state index contributed by atoms with van der Waals surface area (Å²) < 4.78 is 0. The molecule has 1 aromatic heterocycles. The van der Waals surface area contributed by atoms with Gasteiger partial charge < -0.3 is 5.73 Å². The second-order valence-electron chi connectivity index (χ2n) is 4.82. The third-order valence-corrected chi connectivity index (χ3v) is 4.33. The molecule has 0 fully saturated rings. The van der Waals surface area contributed by atoms with Gasteiger partial charge in [-0.3, -0.25) is 0 Å². The average molecular weight is 298 g/mol. The van der Waals surface area contributed by atoms with E-state index in [-0.39, 0.29) is 5.82 Å². The Morgan fingerprint density at radius 1 is 1.29 bits per heavy atom. The maximum atomic E-state index is 9.28. The molecule has 2 rings (SSSR count). The van der Waals surface area contributed by atoms with Crippen molar-refractivity contribution in [2.45, 2.75) is 37.1 Å². The van der Waals surface area contributed by atoms with Gasteiger partial charge in [-0.1, -0.05) is 55.9 Å². The van der Waals surface area contributed by atoms with E-state index in [0.29, 0.717) is 28.1 Å². The first-order chi connectivity index (χ1) is 10.1. The molecule has 0 saturated carbocycles. The molecule has 1 heterocycles. The lowest BCUT2D eigenvalue weighted by Crippen LogP contribution is -2.07. The molecular formula is C16H18N4S. The molecule has 21 heavy (non-hydrogen) atoms. The van der Waals surface area contributed by atoms with Gasteiger partial charge in [-0.2, -0.15) is 5.26 Å². The predicted octanol–water partition coefficient (Wildman–Crippen LogP) is 3.41. The van der Waals surface area contributed by atoms with E-state index in [1.807, 2.05) is 30.3 Å². The van der Waals surface area contributed by atoms with Crippen molar-refractivity contribution in [2.24, 2.45) is 0 Å². The van der Waals surface area contributed by atoms with E-state index in [2.05, 4.69) is 29.9 Å². The van der Waals surface area contributed by atoms with E-state index in [4.69, 9.17) is 5.73 Å². The maximum Gasteiger partial charge on any atom is 0.190 e. The molecule has 0 radical (unpaired) electrons. The zero-order chi connectivity index (χ0) is 15.2. The highest BCUT2D eigenvalue weighted by molar-refractivity contribution is 7.99. The maximum absolute atomic E-state index is 9.28. The van der Waals surface area contributed by atoms with Crippen LogP contribution in [0.2, 0.25) is 0 Å². The fourth-order valence-electron chi connectivity index (χ4n) is 1.86. The number of hydrogen-bond acceptors (Lipinski definition) is 5. The van der Waals surface area contributed by atoms with Crippen LogP contribution in [0, 0.1) is 11.3 Å². The fourth-order valence-corrected chi connectivity index (χ4v) is 2.70. The number of aromatic nitrogens is 2. The topological polar surface area (TPSA) is 75.6 Å². The first kappa shape index (κ1) is 15.3. The highest BCUT2D eigenvalue weighted by Crippen LogP contribution is 2.25. The van der Waals surface area contributed by atoms with Crippen LogP contribution in [0.1, 0.15) is 37.1 Å². The molecule has 0 aliphatic rings. The Hall–Kier alpha value is -2.06. The van der Waals surface area contributed by atoms with Crippen LogP contribution in [-0.4, -0.2) is 15.2 Å². The Bertz CT molecular complexity index is 649. The highest BCUT2D eigenvalue weighted by atomic mass is 32.2. The number of hydrogen-bond donors (Lipinski definition) is 1. The minimum absolute atomic E-state index is 0.268. The standard InChI is InChI=1S/C16H18N4S/c1-3-11(2)21-16-19-14(13(10-17)15(18)20-16)9-12-7-5-4-6-8-12/h4-8,11H,3,9H2,1-2H3,(H2,18,19,20)/t11-/m0/s1. The van der Waals surface area contributed by atoms with Crippen molar-refractivity contribution in [3.8, 4) is 6.07 Å². The number of nitrogen functional groups attached to an aromatic ring is 1. The molecule has 0 aliphatic heterocycles. The van der Waals surface area contributed by atoms with E-state index < -0.39 is 0 Å². The van der Waals surface area contributed by atoms with Crippen LogP contribution in [0.3, 0.4) is 0 Å². The van der Waals surface area contributed by atoms with Gasteiger partial charge in [0.05, 0.1) is 5.69 Å². The lowest BCUT2D eigenvalue weighted by atomic mass is 10.1. The zero-order valence-corrected chi connectivity index (χ0v) is 13.0. The van der Waals surface area contributed by atoms with Gasteiger partial charge in [0.1, 0.15) is 17.5 Å². The molecule has 0 aliphatic carbocycles. The van der Waals surface area contributed by atoms with Crippen molar-refractivity contribution in [3.63, 3.8) is 0 Å². The van der Waals surface area contributed by atoms with Crippen molar-refractivity contribution >= 4 is 17.6 Å². The van der Waals surface area contributed by atoms with Gasteiger partial charge in [0.2, 0.25) is 0 Å². The molecule has 0 saturated heterocycles. The number of nitrogens with zero attached hydrogens (tertiary/aromatic N) is 3. The number of anilines is 1. The van der Waals surface area contributed by atoms with Crippen LogP contribution in [-0.2, 0) is 6.42 Å². The van der Waals surface area contributed by atoms with Crippen LogP contribution in [0.5, 0.6) is 0 Å². The molecule has 5 heteroatoms. The molecule has 2 aromatic rings. The van der Waals surface area contributed by atoms with Gasteiger partial charge in [-0.05, 0) is 12.0 Å². The summed E-state index contributed by atoms with van der Waals surface area (Å²) >= 11 is 1.59. The molecule has 0 amide bonds. The van der Waals surface area contributed by atoms with Crippen LogP contribution < -0.4 is 5.73 Å². The first-order valence-corrected chi connectivity index (χ1v) is 7.79. The van der Waals surface area contributed by atoms with E-state index in [0.717, 1.165) is 12.0 Å². The number of thioether (sulfide) groups is 1. The summed E-state index contributed by atoms with van der Waals surface area (Å²) in [5.74, 6) is 0.268. The number of rotatable bonds is 5. The van der Waals surface area contributed by atoms with Crippen molar-refractivity contribution < 1.29 is 0 Å². The molecule has 0 bridgehead atoms. The molecule has 2 N–H and O–H groups in total. The summed E-state index contributed by atoms with van der Waals surface area (Å²) in [7, 11) is 0. The van der Waals surface area contributed by atoms with Crippen LogP contribution in [0.25, 0.3) is 0 Å². The van der Waals surface area contributed by atoms with Crippen molar-refractivity contribution in [1.29, 1.82) is 5.26 Å². The quantitative estimate of drug-likeness (QED) is 0.676. The number of nitriles is 1. The van der Waals surface area contributed by atoms with Crippen molar-refractivity contribution in [3.05, 3.63) is 47.2 Å². The Kier molecular flexibility index (Phi) is 5.18. The van der Waals surface area contributed by atoms with E-state index >= 15 is 0 Å². The van der Waals surface area contributed by atoms with Crippen LogP contribution >= 0.6 is 11.8 Å². The van der Waals surface area contributed by atoms with E-state index in [1.165, 1.54) is 0 Å². The minimum Gasteiger partial charge on any atom is -0.382 e. The summed E-state index contributed by atoms with van der Waals surface area (Å²) in [6.07, 6.45) is 1.62. The zero-order valence-electron chi connectivity index (χ0n) is 12.2. The Labute approximate surface area is 129 Å². The van der Waals surface area contributed by atoms with E-state index in [9.17, 15) is 5.26 Å². The van der Waals surface area contributed by atoms with E-state index in [1.54, 1.807) is 11.8 Å². The van der Waals surface area contributed by atoms with Gasteiger partial charge in [0.15, 0.2) is 5.16 Å². The first-order valence-electron chi connectivity index (χ1n) is 6.91. The predicted molar refractivity (Wildman–Crippen MR) is 86.0 cm³/mol. The number of benzene rings is 1. The fraction of sp³-hybridized carbons (Fsp3) is 0.312. The van der Waals surface area contributed by atoms with Crippen LogP contribution in [0.15, 0.2) is 35.5 Å². The molecule has 1 atom stereocenters. The largest absolute Gasteiger partial charge is 0.382 e. The lowest BCUT2D eigenvalue weighted by Gasteiger charge is -2.11. The molecule has 1 aromatic carbocycles. The molecular weight excluding hydrogens is 280 g/mol. The molecule has 0 unspecified atom stereocenters. The Balaban J connectivity index is 2.36. The van der Waals surface area contributed by atoms with Gasteiger partial charge in [-0.15, -0.1) is 0 Å². The second kappa shape index (κ2) is 7.09. The van der Waals surface area contributed by atoms with Gasteiger partial charge in [0.25, 0.3) is 0 Å². The smallest absolute Gasteiger partial charge is 0.190 e. The van der Waals surface area contributed by atoms with Crippen molar-refractivity contribution in [1.82, 2.24) is 9.97 Å². The summed E-state index contributed by atoms with van der Waals surface area (Å²) in [6.45, 7) is 4.24. The summed E-state index contributed by atoms with van der Waals surface area (Å²) in [5.41, 5.74) is 8.10. The molecule has 4 nitrogen and oxygen atoms in total. The van der Waals surface area contributed by atoms with Gasteiger partial charge in [-0.25, -0.2) is 9.97 Å². The molecule has 0 spiro atoms. The molecule has 108 valence electrons. The van der Waals surface area contributed by atoms with Gasteiger partial charge in [0, 0.05) is 11.7 Å². The third-order valence-electron chi connectivity index (χ3n) is 3.20. The van der Waals surface area contributed by atoms with Crippen LogP contribution in [0.4, 0.5) is 5.82 Å². The normalized spacial score (nSPS) is 11.9. The lowest BCUT2D eigenvalue weighted by molar-refractivity contribution is 0.867. The Morgan fingerprint density at radius 2 is 2.00 bits per heavy atom. The summed E-state index contributed by atoms with van der Waals surface area (Å²) in [5, 5.41) is 10.3. The average Bonchev–Trinajstić information content (AvgIpc) is 2.48. The van der Waals surface area contributed by atoms with Crippen molar-refractivity contribution in [2.75, 3.05) is 5.73 Å². The SMILES string of the molecule is CC[C@H](C)Sc1nc(N)c(C#N)c(Cc2ccccc2)n1.